The van der Waals surface area contributed by atoms with E-state index in [1.54, 1.807) is 24.3 Å². The zero-order valence-corrected chi connectivity index (χ0v) is 30.0. The summed E-state index contributed by atoms with van der Waals surface area (Å²) < 4.78 is 65.4. The smallest absolute Gasteiger partial charge is 0.338 e. The molecule has 0 saturated heterocycles. The number of unbranched alkanes of at least 4 members (excludes halogenated alkanes) is 4. The first-order chi connectivity index (χ1) is 24.3. The quantitative estimate of drug-likeness (QED) is 0.0722. The van der Waals surface area contributed by atoms with Gasteiger partial charge in [-0.3, -0.25) is 0 Å². The van der Waals surface area contributed by atoms with Gasteiger partial charge in [-0.2, -0.15) is 0 Å². The summed E-state index contributed by atoms with van der Waals surface area (Å²) in [4.78, 5) is 11.8. The van der Waals surface area contributed by atoms with Crippen LogP contribution in [-0.2, 0) is 56.8 Å². The van der Waals surface area contributed by atoms with E-state index in [-0.39, 0.29) is 12.6 Å². The lowest BCUT2D eigenvalue weighted by molar-refractivity contribution is -0.0280. The van der Waals surface area contributed by atoms with Crippen LogP contribution in [0, 0.1) is 0 Å². The Balaban J connectivity index is 1.62. The fourth-order valence-electron chi connectivity index (χ4n) is 3.96. The third-order valence-electron chi connectivity index (χ3n) is 6.58. The van der Waals surface area contributed by atoms with Crippen LogP contribution in [0.2, 0.25) is 0 Å². The van der Waals surface area contributed by atoms with E-state index in [0.29, 0.717) is 144 Å². The van der Waals surface area contributed by atoms with Gasteiger partial charge in [0.05, 0.1) is 144 Å². The van der Waals surface area contributed by atoms with E-state index in [9.17, 15) is 4.79 Å². The lowest BCUT2D eigenvalue weighted by Gasteiger charge is -2.09. The lowest BCUT2D eigenvalue weighted by Crippen LogP contribution is -2.15. The fourth-order valence-corrected chi connectivity index (χ4v) is 3.96. The molecule has 1 aromatic rings. The number of carbonyl (C=O) groups excluding carboxylic acids is 1. The van der Waals surface area contributed by atoms with E-state index >= 15 is 0 Å². The zero-order valence-electron chi connectivity index (χ0n) is 30.0. The van der Waals surface area contributed by atoms with Gasteiger partial charge in [0.2, 0.25) is 0 Å². The first kappa shape index (κ1) is 45.3. The molecule has 49 heavy (non-hydrogen) atoms. The van der Waals surface area contributed by atoms with Gasteiger partial charge in [-0.1, -0.05) is 50.8 Å². The molecule has 0 spiro atoms. The van der Waals surface area contributed by atoms with Crippen molar-refractivity contribution in [3.8, 4) is 0 Å². The predicted molar refractivity (Wildman–Crippen MR) is 184 cm³/mol. The van der Waals surface area contributed by atoms with Gasteiger partial charge in [0.15, 0.2) is 0 Å². The van der Waals surface area contributed by atoms with Crippen molar-refractivity contribution in [3.63, 3.8) is 0 Å². The highest BCUT2D eigenvalue weighted by atomic mass is 16.6. The second kappa shape index (κ2) is 39.0. The monoisotopic (exact) mass is 704 g/mol. The summed E-state index contributed by atoms with van der Waals surface area (Å²) in [6, 6.07) is 8.86. The van der Waals surface area contributed by atoms with Gasteiger partial charge < -0.3 is 56.8 Å². The molecular weight excluding hydrogens is 640 g/mol. The summed E-state index contributed by atoms with van der Waals surface area (Å²) in [6.45, 7) is 13.8. The molecule has 1 aromatic carbocycles. The highest BCUT2D eigenvalue weighted by Gasteiger charge is 2.05. The van der Waals surface area contributed by atoms with Crippen molar-refractivity contribution >= 4 is 5.97 Å². The van der Waals surface area contributed by atoms with E-state index in [1.807, 2.05) is 6.07 Å². The number of esters is 1. The van der Waals surface area contributed by atoms with Gasteiger partial charge in [-0.15, -0.1) is 0 Å². The SMILES string of the molecule is CCCCCCCOCCOCCOCCOCCOCCOCCOCCOCCOCCOCCOCCOC(=O)c1ccccc1. The topological polar surface area (TPSA) is 128 Å². The molecule has 0 radical (unpaired) electrons. The Kier molecular flexibility index (Phi) is 36.1. The van der Waals surface area contributed by atoms with Crippen LogP contribution in [0.4, 0.5) is 0 Å². The van der Waals surface area contributed by atoms with Crippen LogP contribution >= 0.6 is 0 Å². The van der Waals surface area contributed by atoms with E-state index in [4.69, 9.17) is 56.8 Å². The third-order valence-corrected chi connectivity index (χ3v) is 6.58. The first-order valence-electron chi connectivity index (χ1n) is 17.9. The van der Waals surface area contributed by atoms with Crippen molar-refractivity contribution < 1.29 is 61.6 Å². The Hall–Kier alpha value is -1.75. The van der Waals surface area contributed by atoms with Crippen LogP contribution in [0.1, 0.15) is 49.4 Å². The molecule has 0 bridgehead atoms. The van der Waals surface area contributed by atoms with Crippen molar-refractivity contribution in [2.24, 2.45) is 0 Å². The molecule has 13 heteroatoms. The lowest BCUT2D eigenvalue weighted by atomic mass is 10.2. The Morgan fingerprint density at radius 2 is 0.653 bits per heavy atom. The van der Waals surface area contributed by atoms with Crippen LogP contribution in [-0.4, -0.2) is 158 Å². The number of benzene rings is 1. The number of hydrogen-bond acceptors (Lipinski definition) is 13. The van der Waals surface area contributed by atoms with Crippen LogP contribution in [0.3, 0.4) is 0 Å². The summed E-state index contributed by atoms with van der Waals surface area (Å²) in [5.74, 6) is -0.355. The van der Waals surface area contributed by atoms with Gasteiger partial charge in [-0.05, 0) is 18.6 Å². The summed E-state index contributed by atoms with van der Waals surface area (Å²) in [5.41, 5.74) is 0.526. The van der Waals surface area contributed by atoms with Gasteiger partial charge in [0.1, 0.15) is 6.61 Å². The van der Waals surface area contributed by atoms with Crippen molar-refractivity contribution in [2.45, 2.75) is 39.0 Å². The molecule has 0 heterocycles. The van der Waals surface area contributed by atoms with Crippen molar-refractivity contribution in [1.29, 1.82) is 0 Å². The molecule has 0 N–H and O–H groups in total. The Bertz CT molecular complexity index is 787. The highest BCUT2D eigenvalue weighted by molar-refractivity contribution is 5.89. The van der Waals surface area contributed by atoms with E-state index in [0.717, 1.165) is 13.0 Å². The minimum absolute atomic E-state index is 0.203. The van der Waals surface area contributed by atoms with Crippen LogP contribution in [0.5, 0.6) is 0 Å². The van der Waals surface area contributed by atoms with Crippen molar-refractivity contribution in [1.82, 2.24) is 0 Å². The van der Waals surface area contributed by atoms with Crippen LogP contribution in [0.15, 0.2) is 30.3 Å². The number of rotatable bonds is 40. The zero-order chi connectivity index (χ0) is 35.0. The Morgan fingerprint density at radius 3 is 0.980 bits per heavy atom. The molecule has 0 saturated carbocycles. The first-order valence-corrected chi connectivity index (χ1v) is 17.9. The molecular formula is C36H64O13. The molecule has 13 nitrogen and oxygen atoms in total. The second-order valence-corrected chi connectivity index (χ2v) is 10.7. The molecule has 0 aliphatic heterocycles. The van der Waals surface area contributed by atoms with Gasteiger partial charge >= 0.3 is 5.97 Å². The number of hydrogen-bond donors (Lipinski definition) is 0. The molecule has 0 unspecified atom stereocenters. The summed E-state index contributed by atoms with van der Waals surface area (Å²) >= 11 is 0. The average Bonchev–Trinajstić information content (AvgIpc) is 3.13. The average molecular weight is 705 g/mol. The molecule has 0 aliphatic carbocycles. The number of ether oxygens (including phenoxy) is 12. The minimum Gasteiger partial charge on any atom is -0.460 e. The molecule has 0 fully saturated rings. The summed E-state index contributed by atoms with van der Waals surface area (Å²) in [7, 11) is 0. The van der Waals surface area contributed by atoms with E-state index in [1.165, 1.54) is 25.7 Å². The van der Waals surface area contributed by atoms with Crippen LogP contribution < -0.4 is 0 Å². The molecule has 1 rings (SSSR count). The maximum absolute atomic E-state index is 11.8. The van der Waals surface area contributed by atoms with E-state index < -0.39 is 0 Å². The molecule has 0 amide bonds. The standard InChI is InChI=1S/C36H64O13/c1-2-3-4-5-9-12-38-13-14-39-15-16-40-17-18-41-19-20-42-21-22-43-23-24-44-25-26-45-27-28-46-29-30-47-31-32-48-33-34-49-36(37)35-10-7-6-8-11-35/h6-8,10-11H,2-5,9,12-34H2,1H3. The highest BCUT2D eigenvalue weighted by Crippen LogP contribution is 2.02. The predicted octanol–water partition coefficient (Wildman–Crippen LogP) is 4.00. The number of carbonyl (C=O) groups is 1. The largest absolute Gasteiger partial charge is 0.460 e. The van der Waals surface area contributed by atoms with Gasteiger partial charge in [0.25, 0.3) is 0 Å². The fraction of sp³-hybridized carbons (Fsp3) is 0.806. The third kappa shape index (κ3) is 34.5. The maximum atomic E-state index is 11.8. The minimum atomic E-state index is -0.355. The summed E-state index contributed by atoms with van der Waals surface area (Å²) in [6.07, 6.45) is 6.26. The van der Waals surface area contributed by atoms with Crippen LogP contribution in [0.25, 0.3) is 0 Å². The molecule has 0 aliphatic rings. The second-order valence-electron chi connectivity index (χ2n) is 10.7. The van der Waals surface area contributed by atoms with Gasteiger partial charge in [-0.25, -0.2) is 4.79 Å². The molecule has 0 aromatic heterocycles. The summed E-state index contributed by atoms with van der Waals surface area (Å²) in [5, 5.41) is 0. The van der Waals surface area contributed by atoms with Crippen molar-refractivity contribution in [3.05, 3.63) is 35.9 Å². The Labute approximate surface area is 294 Å². The Morgan fingerprint density at radius 1 is 0.367 bits per heavy atom. The normalized spacial score (nSPS) is 11.4. The van der Waals surface area contributed by atoms with E-state index in [2.05, 4.69) is 6.92 Å². The molecule has 286 valence electrons. The van der Waals surface area contributed by atoms with Gasteiger partial charge in [0, 0.05) is 6.61 Å². The van der Waals surface area contributed by atoms with Crippen molar-refractivity contribution in [2.75, 3.05) is 152 Å². The molecule has 0 atom stereocenters. The maximum Gasteiger partial charge on any atom is 0.338 e.